The largest absolute Gasteiger partial charge is 0.384 e. The maximum absolute atomic E-state index is 13.4. The molecule has 3 aromatic rings. The first-order chi connectivity index (χ1) is 12.6. The predicted molar refractivity (Wildman–Crippen MR) is 98.0 cm³/mol. The summed E-state index contributed by atoms with van der Waals surface area (Å²) in [4.78, 5) is 22.5. The second-order valence-corrected chi connectivity index (χ2v) is 6.60. The van der Waals surface area contributed by atoms with Crippen molar-refractivity contribution in [3.8, 4) is 0 Å². The Labute approximate surface area is 150 Å². The number of fused-ring (bicyclic) bond motifs is 1. The van der Waals surface area contributed by atoms with E-state index in [0.717, 1.165) is 16.6 Å². The molecular formula is C20H19FN4O. The van der Waals surface area contributed by atoms with Gasteiger partial charge in [-0.1, -0.05) is 6.07 Å². The molecule has 0 spiro atoms. The third-order valence-electron chi connectivity index (χ3n) is 4.98. The number of anilines is 1. The molecule has 4 rings (SSSR count). The standard InChI is InChI=1S/C20H19FN4O/c1-25-19(26)9-14(20(25)13-3-2-7-22-11-13)12-24-17-6-8-23-18-10-15(21)4-5-16(17)18/h2-8,10-11,14,20H,9,12H2,1H3,(H,23,24)/t14-,20-/m0/s1. The highest BCUT2D eigenvalue weighted by atomic mass is 19.1. The van der Waals surface area contributed by atoms with E-state index in [4.69, 9.17) is 0 Å². The van der Waals surface area contributed by atoms with Gasteiger partial charge in [-0.3, -0.25) is 14.8 Å². The Morgan fingerprint density at radius 1 is 1.27 bits per heavy atom. The van der Waals surface area contributed by atoms with E-state index in [1.54, 1.807) is 23.4 Å². The number of nitrogens with zero attached hydrogens (tertiary/aromatic N) is 3. The van der Waals surface area contributed by atoms with Gasteiger partial charge in [0.1, 0.15) is 5.82 Å². The molecule has 1 aliphatic heterocycles. The average molecular weight is 350 g/mol. The number of pyridine rings is 2. The van der Waals surface area contributed by atoms with Gasteiger partial charge in [0.2, 0.25) is 5.91 Å². The number of hydrogen-bond donors (Lipinski definition) is 1. The molecule has 1 aromatic carbocycles. The maximum atomic E-state index is 13.4. The molecule has 3 heterocycles. The van der Waals surface area contributed by atoms with E-state index >= 15 is 0 Å². The van der Waals surface area contributed by atoms with E-state index in [0.29, 0.717) is 18.5 Å². The molecule has 132 valence electrons. The van der Waals surface area contributed by atoms with E-state index in [1.165, 1.54) is 12.1 Å². The SMILES string of the molecule is CN1C(=O)C[C@@H](CNc2ccnc3cc(F)ccc23)[C@@H]1c1cccnc1. The quantitative estimate of drug-likeness (QED) is 0.783. The molecule has 1 N–H and O–H groups in total. The number of halogens is 1. The van der Waals surface area contributed by atoms with Crippen LogP contribution in [0.2, 0.25) is 0 Å². The molecule has 0 bridgehead atoms. The first kappa shape index (κ1) is 16.4. The van der Waals surface area contributed by atoms with Gasteiger partial charge >= 0.3 is 0 Å². The fourth-order valence-corrected chi connectivity index (χ4v) is 3.70. The molecule has 1 saturated heterocycles. The normalized spacial score (nSPS) is 19.9. The summed E-state index contributed by atoms with van der Waals surface area (Å²) in [7, 11) is 1.84. The monoisotopic (exact) mass is 350 g/mol. The number of carbonyl (C=O) groups excluding carboxylic acids is 1. The van der Waals surface area contributed by atoms with Gasteiger partial charge in [0.25, 0.3) is 0 Å². The van der Waals surface area contributed by atoms with Crippen molar-refractivity contribution in [1.29, 1.82) is 0 Å². The van der Waals surface area contributed by atoms with Crippen molar-refractivity contribution < 1.29 is 9.18 Å². The van der Waals surface area contributed by atoms with Crippen LogP contribution < -0.4 is 5.32 Å². The maximum Gasteiger partial charge on any atom is 0.223 e. The van der Waals surface area contributed by atoms with E-state index in [1.807, 2.05) is 31.4 Å². The van der Waals surface area contributed by atoms with Crippen LogP contribution in [0.25, 0.3) is 10.9 Å². The molecular weight excluding hydrogens is 331 g/mol. The van der Waals surface area contributed by atoms with Crippen LogP contribution in [0.5, 0.6) is 0 Å². The van der Waals surface area contributed by atoms with Gasteiger partial charge in [-0.25, -0.2) is 4.39 Å². The van der Waals surface area contributed by atoms with E-state index in [2.05, 4.69) is 15.3 Å². The second kappa shape index (κ2) is 6.71. The summed E-state index contributed by atoms with van der Waals surface area (Å²) in [6, 6.07) is 10.3. The number of carbonyl (C=O) groups is 1. The highest BCUT2D eigenvalue weighted by Gasteiger charge is 2.38. The van der Waals surface area contributed by atoms with Crippen LogP contribution >= 0.6 is 0 Å². The lowest BCUT2D eigenvalue weighted by atomic mass is 9.94. The average Bonchev–Trinajstić information content (AvgIpc) is 2.94. The zero-order valence-corrected chi connectivity index (χ0v) is 14.4. The predicted octanol–water partition coefficient (Wildman–Crippen LogP) is 3.40. The lowest BCUT2D eigenvalue weighted by Gasteiger charge is -2.25. The third-order valence-corrected chi connectivity index (χ3v) is 4.98. The number of likely N-dealkylation sites (tertiary alicyclic amines) is 1. The fourth-order valence-electron chi connectivity index (χ4n) is 3.70. The van der Waals surface area contributed by atoms with Gasteiger partial charge in [-0.2, -0.15) is 0 Å². The molecule has 2 aromatic heterocycles. The fraction of sp³-hybridized carbons (Fsp3) is 0.250. The van der Waals surface area contributed by atoms with Crippen molar-refractivity contribution in [2.75, 3.05) is 18.9 Å². The number of hydrogen-bond acceptors (Lipinski definition) is 4. The van der Waals surface area contributed by atoms with Crippen molar-refractivity contribution in [3.05, 3.63) is 66.4 Å². The number of nitrogens with one attached hydrogen (secondary N) is 1. The van der Waals surface area contributed by atoms with Crippen LogP contribution in [-0.4, -0.2) is 34.4 Å². The van der Waals surface area contributed by atoms with E-state index < -0.39 is 0 Å². The van der Waals surface area contributed by atoms with Gasteiger partial charge in [0.15, 0.2) is 0 Å². The van der Waals surface area contributed by atoms with Crippen LogP contribution in [0.4, 0.5) is 10.1 Å². The van der Waals surface area contributed by atoms with Crippen molar-refractivity contribution in [3.63, 3.8) is 0 Å². The van der Waals surface area contributed by atoms with Crippen LogP contribution in [0.15, 0.2) is 55.0 Å². The zero-order chi connectivity index (χ0) is 18.1. The lowest BCUT2D eigenvalue weighted by molar-refractivity contribution is -0.127. The summed E-state index contributed by atoms with van der Waals surface area (Å²) in [5, 5.41) is 4.29. The smallest absolute Gasteiger partial charge is 0.223 e. The van der Waals surface area contributed by atoms with Gasteiger partial charge in [-0.15, -0.1) is 0 Å². The first-order valence-electron chi connectivity index (χ1n) is 8.57. The molecule has 0 saturated carbocycles. The molecule has 0 aliphatic carbocycles. The molecule has 6 heteroatoms. The first-order valence-corrected chi connectivity index (χ1v) is 8.57. The Kier molecular flexibility index (Phi) is 4.24. The molecule has 0 unspecified atom stereocenters. The van der Waals surface area contributed by atoms with Gasteiger partial charge in [0, 0.05) is 61.7 Å². The summed E-state index contributed by atoms with van der Waals surface area (Å²) in [6.07, 6.45) is 5.70. The zero-order valence-electron chi connectivity index (χ0n) is 14.4. The van der Waals surface area contributed by atoms with E-state index in [-0.39, 0.29) is 23.7 Å². The number of aromatic nitrogens is 2. The summed E-state index contributed by atoms with van der Waals surface area (Å²) in [5.74, 6) is -0.0468. The topological polar surface area (TPSA) is 58.1 Å². The van der Waals surface area contributed by atoms with Crippen LogP contribution in [0, 0.1) is 11.7 Å². The Morgan fingerprint density at radius 3 is 2.96 bits per heavy atom. The molecule has 1 aliphatic rings. The number of rotatable bonds is 4. The second-order valence-electron chi connectivity index (χ2n) is 6.60. The Morgan fingerprint density at radius 2 is 2.15 bits per heavy atom. The van der Waals surface area contributed by atoms with Crippen molar-refractivity contribution >= 4 is 22.5 Å². The minimum absolute atomic E-state index is 0.00533. The van der Waals surface area contributed by atoms with Crippen LogP contribution in [0.1, 0.15) is 18.0 Å². The van der Waals surface area contributed by atoms with Gasteiger partial charge in [-0.05, 0) is 29.8 Å². The summed E-state index contributed by atoms with van der Waals surface area (Å²) >= 11 is 0. The number of benzene rings is 1. The van der Waals surface area contributed by atoms with Gasteiger partial charge in [0.05, 0.1) is 11.6 Å². The van der Waals surface area contributed by atoms with E-state index in [9.17, 15) is 9.18 Å². The van der Waals surface area contributed by atoms with Crippen molar-refractivity contribution in [1.82, 2.24) is 14.9 Å². The Hall–Kier alpha value is -3.02. The molecule has 0 radical (unpaired) electrons. The van der Waals surface area contributed by atoms with Crippen molar-refractivity contribution in [2.24, 2.45) is 5.92 Å². The number of amides is 1. The Balaban J connectivity index is 1.58. The van der Waals surface area contributed by atoms with Crippen LogP contribution in [-0.2, 0) is 4.79 Å². The third kappa shape index (κ3) is 2.98. The van der Waals surface area contributed by atoms with Gasteiger partial charge < -0.3 is 10.2 Å². The summed E-state index contributed by atoms with van der Waals surface area (Å²) in [5.41, 5.74) is 2.54. The highest BCUT2D eigenvalue weighted by Crippen LogP contribution is 2.37. The van der Waals surface area contributed by atoms with Crippen LogP contribution in [0.3, 0.4) is 0 Å². The molecule has 2 atom stereocenters. The summed E-state index contributed by atoms with van der Waals surface area (Å²) < 4.78 is 13.4. The molecule has 1 amide bonds. The minimum atomic E-state index is -0.304. The highest BCUT2D eigenvalue weighted by molar-refractivity contribution is 5.91. The molecule has 5 nitrogen and oxygen atoms in total. The molecule has 26 heavy (non-hydrogen) atoms. The summed E-state index contributed by atoms with van der Waals surface area (Å²) in [6.45, 7) is 0.631. The lowest BCUT2D eigenvalue weighted by Crippen LogP contribution is -2.26. The molecule has 1 fully saturated rings. The Bertz CT molecular complexity index is 947. The van der Waals surface area contributed by atoms with Crippen molar-refractivity contribution in [2.45, 2.75) is 12.5 Å². The minimum Gasteiger partial charge on any atom is -0.384 e.